The molecule has 0 aromatic heterocycles. The molecule has 7 heteroatoms. The smallest absolute Gasteiger partial charge is 0.203 e. The molecule has 132 valence electrons. The molecule has 0 aliphatic carbocycles. The zero-order valence-corrected chi connectivity index (χ0v) is 16.1. The summed E-state index contributed by atoms with van der Waals surface area (Å²) < 4.78 is 30.5. The summed E-state index contributed by atoms with van der Waals surface area (Å²) in [7, 11) is 4.71. The summed E-state index contributed by atoms with van der Waals surface area (Å²) in [6.45, 7) is 0.963. The molecule has 4 nitrogen and oxygen atoms in total. The fraction of sp³-hybridized carbons (Fsp3) is 0.294. The SMILES string of the molecule is COc1cc(CNCc2cc(Br)ccc2F)cc(OC)c1OC.Cl. The van der Waals surface area contributed by atoms with E-state index in [1.54, 1.807) is 33.5 Å². The highest BCUT2D eigenvalue weighted by molar-refractivity contribution is 9.10. The Morgan fingerprint density at radius 2 is 1.58 bits per heavy atom. The molecule has 0 heterocycles. The summed E-state index contributed by atoms with van der Waals surface area (Å²) in [5.74, 6) is 1.51. The second-order valence-electron chi connectivity index (χ2n) is 4.87. The molecule has 0 aliphatic rings. The molecule has 2 rings (SSSR count). The molecule has 0 saturated carbocycles. The summed E-state index contributed by atoms with van der Waals surface area (Å²) in [4.78, 5) is 0. The number of benzene rings is 2. The number of hydrogen-bond acceptors (Lipinski definition) is 4. The number of ether oxygens (including phenoxy) is 3. The quantitative estimate of drug-likeness (QED) is 0.724. The van der Waals surface area contributed by atoms with Gasteiger partial charge in [-0.15, -0.1) is 12.4 Å². The standard InChI is InChI=1S/C17H19BrFNO3.ClH/c1-21-15-6-11(7-16(22-2)17(15)23-3)9-20-10-12-8-13(18)4-5-14(12)19;/h4-8,20H,9-10H2,1-3H3;1H. The van der Waals surface area contributed by atoms with E-state index in [0.29, 0.717) is 35.9 Å². The normalized spacial score (nSPS) is 10.0. The first-order chi connectivity index (χ1) is 11.1. The zero-order chi connectivity index (χ0) is 16.8. The maximum Gasteiger partial charge on any atom is 0.203 e. The lowest BCUT2D eigenvalue weighted by molar-refractivity contribution is 0.323. The Morgan fingerprint density at radius 1 is 0.958 bits per heavy atom. The molecule has 0 spiro atoms. The maximum atomic E-state index is 13.7. The van der Waals surface area contributed by atoms with Crippen molar-refractivity contribution in [2.45, 2.75) is 13.1 Å². The lowest BCUT2D eigenvalue weighted by Crippen LogP contribution is -2.14. The van der Waals surface area contributed by atoms with Gasteiger partial charge in [0.15, 0.2) is 11.5 Å². The fourth-order valence-electron chi connectivity index (χ4n) is 2.26. The van der Waals surface area contributed by atoms with Crippen LogP contribution in [0.25, 0.3) is 0 Å². The molecule has 0 amide bonds. The first-order valence-corrected chi connectivity index (χ1v) is 7.82. The number of rotatable bonds is 7. The van der Waals surface area contributed by atoms with Crippen LogP contribution in [0.15, 0.2) is 34.8 Å². The summed E-state index contributed by atoms with van der Waals surface area (Å²) in [5, 5.41) is 3.21. The molecule has 0 aliphatic heterocycles. The van der Waals surface area contributed by atoms with Crippen molar-refractivity contribution < 1.29 is 18.6 Å². The second-order valence-corrected chi connectivity index (χ2v) is 5.79. The van der Waals surface area contributed by atoms with E-state index in [9.17, 15) is 4.39 Å². The van der Waals surface area contributed by atoms with Gasteiger partial charge in [0.25, 0.3) is 0 Å². The molecule has 24 heavy (non-hydrogen) atoms. The molecular weight excluding hydrogens is 401 g/mol. The van der Waals surface area contributed by atoms with Gasteiger partial charge in [-0.3, -0.25) is 0 Å². The molecule has 0 unspecified atom stereocenters. The van der Waals surface area contributed by atoms with Crippen molar-refractivity contribution in [2.75, 3.05) is 21.3 Å². The van der Waals surface area contributed by atoms with Crippen LogP contribution >= 0.6 is 28.3 Å². The van der Waals surface area contributed by atoms with Gasteiger partial charge >= 0.3 is 0 Å². The minimum atomic E-state index is -0.231. The highest BCUT2D eigenvalue weighted by Gasteiger charge is 2.13. The van der Waals surface area contributed by atoms with Gasteiger partial charge in [-0.05, 0) is 35.9 Å². The molecule has 1 N–H and O–H groups in total. The Kier molecular flexibility index (Phi) is 8.31. The average molecular weight is 421 g/mol. The van der Waals surface area contributed by atoms with Gasteiger partial charge < -0.3 is 19.5 Å². The van der Waals surface area contributed by atoms with Crippen LogP contribution in [0.3, 0.4) is 0 Å². The molecule has 0 atom stereocenters. The van der Waals surface area contributed by atoms with E-state index in [4.69, 9.17) is 14.2 Å². The molecule has 0 saturated heterocycles. The third-order valence-electron chi connectivity index (χ3n) is 3.38. The van der Waals surface area contributed by atoms with Crippen molar-refractivity contribution in [2.24, 2.45) is 0 Å². The van der Waals surface area contributed by atoms with Gasteiger partial charge in [-0.2, -0.15) is 0 Å². The van der Waals surface area contributed by atoms with Crippen LogP contribution in [-0.4, -0.2) is 21.3 Å². The van der Waals surface area contributed by atoms with Crippen LogP contribution in [0.4, 0.5) is 4.39 Å². The van der Waals surface area contributed by atoms with Gasteiger partial charge in [0.1, 0.15) is 5.82 Å². The Morgan fingerprint density at radius 3 is 2.12 bits per heavy atom. The van der Waals surface area contributed by atoms with Crippen LogP contribution < -0.4 is 19.5 Å². The highest BCUT2D eigenvalue weighted by Crippen LogP contribution is 2.38. The molecule has 2 aromatic rings. The molecule has 0 bridgehead atoms. The van der Waals surface area contributed by atoms with E-state index in [-0.39, 0.29) is 18.2 Å². The van der Waals surface area contributed by atoms with Gasteiger partial charge in [0.2, 0.25) is 5.75 Å². The van der Waals surface area contributed by atoms with E-state index in [1.165, 1.54) is 6.07 Å². The molecule has 2 aromatic carbocycles. The average Bonchev–Trinajstić information content (AvgIpc) is 2.56. The lowest BCUT2D eigenvalue weighted by atomic mass is 10.1. The van der Waals surface area contributed by atoms with E-state index in [0.717, 1.165) is 10.0 Å². The highest BCUT2D eigenvalue weighted by atomic mass is 79.9. The van der Waals surface area contributed by atoms with E-state index >= 15 is 0 Å². The third-order valence-corrected chi connectivity index (χ3v) is 3.87. The number of nitrogens with one attached hydrogen (secondary N) is 1. The Labute approximate surface area is 155 Å². The van der Waals surface area contributed by atoms with Crippen LogP contribution in [-0.2, 0) is 13.1 Å². The van der Waals surface area contributed by atoms with Gasteiger partial charge in [-0.1, -0.05) is 15.9 Å². The zero-order valence-electron chi connectivity index (χ0n) is 13.7. The number of methoxy groups -OCH3 is 3. The predicted octanol–water partition coefficient (Wildman–Crippen LogP) is 4.33. The third kappa shape index (κ3) is 5.00. The lowest BCUT2D eigenvalue weighted by Gasteiger charge is -2.14. The Hall–Kier alpha value is -1.50. The van der Waals surface area contributed by atoms with Crippen molar-refractivity contribution >= 4 is 28.3 Å². The van der Waals surface area contributed by atoms with Crippen LogP contribution in [0, 0.1) is 5.82 Å². The summed E-state index contributed by atoms with van der Waals surface area (Å²) in [5.41, 5.74) is 1.56. The maximum absolute atomic E-state index is 13.7. The number of halogens is 3. The first kappa shape index (κ1) is 20.5. The van der Waals surface area contributed by atoms with E-state index in [2.05, 4.69) is 21.2 Å². The summed E-state index contributed by atoms with van der Waals surface area (Å²) in [6, 6.07) is 8.62. The predicted molar refractivity (Wildman–Crippen MR) is 98.0 cm³/mol. The summed E-state index contributed by atoms with van der Waals surface area (Å²) >= 11 is 3.35. The minimum absolute atomic E-state index is 0. The van der Waals surface area contributed by atoms with Crippen molar-refractivity contribution in [3.8, 4) is 17.2 Å². The van der Waals surface area contributed by atoms with Crippen LogP contribution in [0.2, 0.25) is 0 Å². The van der Waals surface area contributed by atoms with Gasteiger partial charge in [0.05, 0.1) is 21.3 Å². The molecule has 0 radical (unpaired) electrons. The fourth-order valence-corrected chi connectivity index (χ4v) is 2.67. The number of hydrogen-bond donors (Lipinski definition) is 1. The van der Waals surface area contributed by atoms with Crippen molar-refractivity contribution in [3.63, 3.8) is 0 Å². The van der Waals surface area contributed by atoms with E-state index < -0.39 is 0 Å². The summed E-state index contributed by atoms with van der Waals surface area (Å²) in [6.07, 6.45) is 0. The monoisotopic (exact) mass is 419 g/mol. The topological polar surface area (TPSA) is 39.7 Å². The molecular formula is C17H20BrClFNO3. The molecule has 0 fully saturated rings. The van der Waals surface area contributed by atoms with Crippen molar-refractivity contribution in [1.29, 1.82) is 0 Å². The van der Waals surface area contributed by atoms with Crippen LogP contribution in [0.5, 0.6) is 17.2 Å². The Balaban J connectivity index is 0.00000288. The van der Waals surface area contributed by atoms with E-state index in [1.807, 2.05) is 12.1 Å². The minimum Gasteiger partial charge on any atom is -0.493 e. The van der Waals surface area contributed by atoms with Crippen molar-refractivity contribution in [1.82, 2.24) is 5.32 Å². The largest absolute Gasteiger partial charge is 0.493 e. The van der Waals surface area contributed by atoms with Crippen LogP contribution in [0.1, 0.15) is 11.1 Å². The van der Waals surface area contributed by atoms with Gasteiger partial charge in [-0.25, -0.2) is 4.39 Å². The van der Waals surface area contributed by atoms with Crippen molar-refractivity contribution in [3.05, 3.63) is 51.7 Å². The second kappa shape index (κ2) is 9.71. The Bertz CT molecular complexity index is 660. The van der Waals surface area contributed by atoms with Gasteiger partial charge in [0, 0.05) is 23.1 Å². The first-order valence-electron chi connectivity index (χ1n) is 7.02.